The predicted octanol–water partition coefficient (Wildman–Crippen LogP) is 2.65. The first-order valence-electron chi connectivity index (χ1n) is 6.21. The number of nitrogens with one attached hydrogen (secondary N) is 1. The zero-order chi connectivity index (χ0) is 14.8. The Labute approximate surface area is 124 Å². The van der Waals surface area contributed by atoms with Gasteiger partial charge in [0, 0.05) is 0 Å². The van der Waals surface area contributed by atoms with Crippen molar-refractivity contribution in [1.82, 2.24) is 4.98 Å². The van der Waals surface area contributed by atoms with Gasteiger partial charge in [0.25, 0.3) is 11.8 Å². The van der Waals surface area contributed by atoms with Crippen LogP contribution in [0, 0.1) is 0 Å². The van der Waals surface area contributed by atoms with Crippen LogP contribution in [0.4, 0.5) is 5.69 Å². The number of carbonyl (C=O) groups excluding carboxylic acids is 2. The molecule has 3 aromatic rings. The Morgan fingerprint density at radius 1 is 1.05 bits per heavy atom. The third-order valence-electron chi connectivity index (χ3n) is 2.93. The van der Waals surface area contributed by atoms with Gasteiger partial charge in [-0.05, 0) is 24.3 Å². The molecular formula is C15H11N3O2S. The van der Waals surface area contributed by atoms with Gasteiger partial charge in [-0.15, -0.1) is 11.3 Å². The largest absolute Gasteiger partial charge is 0.366 e. The van der Waals surface area contributed by atoms with Crippen LogP contribution < -0.4 is 11.1 Å². The minimum absolute atomic E-state index is 0.270. The molecule has 2 amide bonds. The van der Waals surface area contributed by atoms with Gasteiger partial charge in [0.1, 0.15) is 0 Å². The summed E-state index contributed by atoms with van der Waals surface area (Å²) < 4.78 is 0.936. The lowest BCUT2D eigenvalue weighted by molar-refractivity contribution is 0.100. The van der Waals surface area contributed by atoms with Crippen LogP contribution >= 0.6 is 11.3 Å². The van der Waals surface area contributed by atoms with Gasteiger partial charge < -0.3 is 11.1 Å². The zero-order valence-electron chi connectivity index (χ0n) is 10.9. The molecule has 0 spiro atoms. The Kier molecular flexibility index (Phi) is 3.37. The van der Waals surface area contributed by atoms with E-state index in [0.29, 0.717) is 10.7 Å². The fourth-order valence-corrected chi connectivity index (χ4v) is 2.81. The molecule has 2 aromatic carbocycles. The Morgan fingerprint density at radius 3 is 2.52 bits per heavy atom. The first kappa shape index (κ1) is 13.3. The number of nitrogens with zero attached hydrogens (tertiary/aromatic N) is 1. The van der Waals surface area contributed by atoms with E-state index < -0.39 is 5.91 Å². The van der Waals surface area contributed by atoms with E-state index in [1.54, 1.807) is 24.3 Å². The molecule has 0 atom stereocenters. The number of benzene rings is 2. The fraction of sp³-hybridized carbons (Fsp3) is 0. The second-order valence-electron chi connectivity index (χ2n) is 4.35. The van der Waals surface area contributed by atoms with Gasteiger partial charge >= 0.3 is 0 Å². The number of carbonyl (C=O) groups is 2. The number of primary amides is 1. The van der Waals surface area contributed by atoms with E-state index in [0.717, 1.165) is 10.2 Å². The van der Waals surface area contributed by atoms with Crippen molar-refractivity contribution in [1.29, 1.82) is 0 Å². The molecule has 1 heterocycles. The summed E-state index contributed by atoms with van der Waals surface area (Å²) in [6.45, 7) is 0. The third-order valence-corrected chi connectivity index (χ3v) is 3.96. The number of amides is 2. The second kappa shape index (κ2) is 5.34. The van der Waals surface area contributed by atoms with Gasteiger partial charge in [0.05, 0.1) is 21.5 Å². The fourth-order valence-electron chi connectivity index (χ4n) is 1.95. The molecule has 0 fully saturated rings. The Bertz CT molecular complexity index is 809. The second-order valence-corrected chi connectivity index (χ2v) is 5.38. The molecule has 6 heteroatoms. The topological polar surface area (TPSA) is 85.1 Å². The van der Waals surface area contributed by atoms with Gasteiger partial charge in [-0.25, -0.2) is 4.98 Å². The number of hydrogen-bond acceptors (Lipinski definition) is 4. The molecule has 1 aromatic heterocycles. The lowest BCUT2D eigenvalue weighted by atomic mass is 10.1. The number of anilines is 1. The summed E-state index contributed by atoms with van der Waals surface area (Å²) in [6.07, 6.45) is 0. The zero-order valence-corrected chi connectivity index (χ0v) is 11.7. The maximum Gasteiger partial charge on any atom is 0.284 e. The molecule has 0 aliphatic carbocycles. The molecule has 0 saturated heterocycles. The van der Waals surface area contributed by atoms with E-state index in [9.17, 15) is 9.59 Å². The molecule has 5 nitrogen and oxygen atoms in total. The standard InChI is InChI=1S/C15H11N3O2S/c16-13(19)9-5-1-2-6-10(9)17-14(20)15-18-11-7-3-4-8-12(11)21-15/h1-8H,(H2,16,19)(H,17,20). The van der Waals surface area contributed by atoms with Crippen LogP contribution in [-0.2, 0) is 0 Å². The minimum Gasteiger partial charge on any atom is -0.366 e. The molecule has 21 heavy (non-hydrogen) atoms. The average molecular weight is 297 g/mol. The molecule has 0 aliphatic rings. The van der Waals surface area contributed by atoms with E-state index in [1.807, 2.05) is 24.3 Å². The molecule has 0 saturated carbocycles. The monoisotopic (exact) mass is 297 g/mol. The van der Waals surface area contributed by atoms with E-state index in [-0.39, 0.29) is 11.5 Å². The van der Waals surface area contributed by atoms with E-state index in [1.165, 1.54) is 11.3 Å². The van der Waals surface area contributed by atoms with Gasteiger partial charge in [-0.3, -0.25) is 9.59 Å². The van der Waals surface area contributed by atoms with Crippen LogP contribution in [0.5, 0.6) is 0 Å². The van der Waals surface area contributed by atoms with Crippen LogP contribution in [0.3, 0.4) is 0 Å². The maximum atomic E-state index is 12.2. The molecule has 0 aliphatic heterocycles. The number of nitrogens with two attached hydrogens (primary N) is 1. The van der Waals surface area contributed by atoms with E-state index in [2.05, 4.69) is 10.3 Å². The summed E-state index contributed by atoms with van der Waals surface area (Å²) in [7, 11) is 0. The summed E-state index contributed by atoms with van der Waals surface area (Å²) in [5, 5.41) is 3.02. The van der Waals surface area contributed by atoms with Crippen molar-refractivity contribution in [3.63, 3.8) is 0 Å². The van der Waals surface area contributed by atoms with Crippen molar-refractivity contribution in [3.8, 4) is 0 Å². The van der Waals surface area contributed by atoms with Crippen molar-refractivity contribution in [2.45, 2.75) is 0 Å². The van der Waals surface area contributed by atoms with Crippen LogP contribution in [0.25, 0.3) is 10.2 Å². The van der Waals surface area contributed by atoms with Crippen LogP contribution in [0.2, 0.25) is 0 Å². The number of rotatable bonds is 3. The first-order chi connectivity index (χ1) is 10.1. The first-order valence-corrected chi connectivity index (χ1v) is 7.02. The quantitative estimate of drug-likeness (QED) is 0.779. The van der Waals surface area contributed by atoms with Gasteiger partial charge in [-0.2, -0.15) is 0 Å². The molecular weight excluding hydrogens is 286 g/mol. The van der Waals surface area contributed by atoms with E-state index >= 15 is 0 Å². The lowest BCUT2D eigenvalue weighted by Crippen LogP contribution is -2.18. The van der Waals surface area contributed by atoms with E-state index in [4.69, 9.17) is 5.73 Å². The van der Waals surface area contributed by atoms with Crippen molar-refractivity contribution < 1.29 is 9.59 Å². The molecule has 0 unspecified atom stereocenters. The normalized spacial score (nSPS) is 10.5. The highest BCUT2D eigenvalue weighted by atomic mass is 32.1. The summed E-state index contributed by atoms with van der Waals surface area (Å²) >= 11 is 1.30. The molecule has 3 rings (SSSR count). The predicted molar refractivity (Wildman–Crippen MR) is 82.5 cm³/mol. The van der Waals surface area contributed by atoms with Crippen molar-refractivity contribution in [2.75, 3.05) is 5.32 Å². The highest BCUT2D eigenvalue weighted by Gasteiger charge is 2.15. The Hall–Kier alpha value is -2.73. The Morgan fingerprint density at radius 2 is 1.76 bits per heavy atom. The SMILES string of the molecule is NC(=O)c1ccccc1NC(=O)c1nc2ccccc2s1. The maximum absolute atomic E-state index is 12.2. The molecule has 104 valence electrons. The highest BCUT2D eigenvalue weighted by molar-refractivity contribution is 7.20. The number of para-hydroxylation sites is 2. The summed E-state index contributed by atoms with van der Waals surface area (Å²) in [5.41, 5.74) is 6.71. The highest BCUT2D eigenvalue weighted by Crippen LogP contribution is 2.23. The van der Waals surface area contributed by atoms with Crippen LogP contribution in [0.15, 0.2) is 48.5 Å². The summed E-state index contributed by atoms with van der Waals surface area (Å²) in [5.74, 6) is -0.944. The smallest absolute Gasteiger partial charge is 0.284 e. The minimum atomic E-state index is -0.588. The van der Waals surface area contributed by atoms with Gasteiger partial charge in [0.15, 0.2) is 5.01 Å². The summed E-state index contributed by atoms with van der Waals surface area (Å²) in [6, 6.07) is 14.1. The van der Waals surface area contributed by atoms with Crippen LogP contribution in [0.1, 0.15) is 20.2 Å². The molecule has 0 radical (unpaired) electrons. The van der Waals surface area contributed by atoms with Gasteiger partial charge in [-0.1, -0.05) is 24.3 Å². The Balaban J connectivity index is 1.91. The number of hydrogen-bond donors (Lipinski definition) is 2. The third kappa shape index (κ3) is 2.61. The summed E-state index contributed by atoms with van der Waals surface area (Å²) in [4.78, 5) is 27.9. The van der Waals surface area contributed by atoms with Crippen LogP contribution in [-0.4, -0.2) is 16.8 Å². The number of thiazole rings is 1. The van der Waals surface area contributed by atoms with Crippen molar-refractivity contribution >= 4 is 39.1 Å². The van der Waals surface area contributed by atoms with Gasteiger partial charge in [0.2, 0.25) is 0 Å². The average Bonchev–Trinajstić information content (AvgIpc) is 2.91. The van der Waals surface area contributed by atoms with Crippen molar-refractivity contribution in [3.05, 3.63) is 59.1 Å². The molecule has 3 N–H and O–H groups in total. The number of fused-ring (bicyclic) bond motifs is 1. The number of aromatic nitrogens is 1. The van der Waals surface area contributed by atoms with Crippen molar-refractivity contribution in [2.24, 2.45) is 5.73 Å². The molecule has 0 bridgehead atoms. The lowest BCUT2D eigenvalue weighted by Gasteiger charge is -2.06.